The number of hydrogen-bond donors (Lipinski definition) is 2. The first-order chi connectivity index (χ1) is 10.8. The molecule has 0 saturated heterocycles. The maximum Gasteiger partial charge on any atom is 0.294 e. The van der Waals surface area contributed by atoms with E-state index in [0.717, 1.165) is 11.1 Å². The number of aromatic nitrogens is 1. The summed E-state index contributed by atoms with van der Waals surface area (Å²) < 4.78 is 29.6. The minimum atomic E-state index is -4.02. The molecule has 7 heteroatoms. The number of rotatable bonds is 1. The molecule has 5 nitrogen and oxygen atoms in total. The fourth-order valence-electron chi connectivity index (χ4n) is 1.86. The van der Waals surface area contributed by atoms with Crippen LogP contribution in [-0.4, -0.2) is 18.0 Å². The Morgan fingerprint density at radius 2 is 1.70 bits per heavy atom. The van der Waals surface area contributed by atoms with Gasteiger partial charge in [0, 0.05) is 22.7 Å². The lowest BCUT2D eigenvalue weighted by molar-refractivity contribution is 0.483. The zero-order valence-electron chi connectivity index (χ0n) is 12.2. The van der Waals surface area contributed by atoms with E-state index in [1.54, 1.807) is 36.5 Å². The lowest BCUT2D eigenvalue weighted by Crippen LogP contribution is -1.98. The van der Waals surface area contributed by atoms with Crippen molar-refractivity contribution in [3.63, 3.8) is 0 Å². The zero-order chi connectivity index (χ0) is 17.0. The van der Waals surface area contributed by atoms with Crippen LogP contribution in [0.1, 0.15) is 5.56 Å². The number of aryl methyl sites for hydroxylation is 1. The quantitative estimate of drug-likeness (QED) is 0.657. The fourth-order valence-corrected chi connectivity index (χ4v) is 2.51. The molecule has 0 radical (unpaired) electrons. The molecule has 2 N–H and O–H groups in total. The van der Waals surface area contributed by atoms with Crippen LogP contribution in [0, 0.1) is 6.92 Å². The summed E-state index contributed by atoms with van der Waals surface area (Å²) in [5, 5.41) is 1.30. The lowest BCUT2D eigenvalue weighted by Gasteiger charge is -1.95. The fraction of sp³-hybridized carbons (Fsp3) is 0.0625. The van der Waals surface area contributed by atoms with E-state index in [-0.39, 0.29) is 10.3 Å². The zero-order valence-corrected chi connectivity index (χ0v) is 13.7. The Morgan fingerprint density at radius 1 is 1.04 bits per heavy atom. The Morgan fingerprint density at radius 3 is 2.30 bits per heavy atom. The van der Waals surface area contributed by atoms with Gasteiger partial charge in [-0.15, -0.1) is 0 Å². The van der Waals surface area contributed by atoms with Crippen LogP contribution in [0.3, 0.4) is 0 Å². The standard InChI is InChI=1S/C9H6ClNO.C7H8O3S/c10-6-1-2-7-8(5-6)11-4-3-9(7)12;1-6-2-4-7(5-3-6)11(8,9)10/h1-5H,(H,11,12);2-5H,1H3,(H,8,9,10). The SMILES string of the molecule is Cc1ccc(S(=O)(=O)O)cc1.O=c1cc[nH]c2cc(Cl)ccc12. The van der Waals surface area contributed by atoms with Gasteiger partial charge in [-0.05, 0) is 37.3 Å². The number of pyridine rings is 1. The van der Waals surface area contributed by atoms with Gasteiger partial charge in [0.15, 0.2) is 5.43 Å². The molecule has 3 rings (SSSR count). The van der Waals surface area contributed by atoms with E-state index in [9.17, 15) is 13.2 Å². The van der Waals surface area contributed by atoms with E-state index in [1.807, 2.05) is 6.92 Å². The number of aromatic amines is 1. The van der Waals surface area contributed by atoms with Gasteiger partial charge in [0.2, 0.25) is 0 Å². The molecule has 1 aromatic heterocycles. The molecule has 0 aliphatic carbocycles. The van der Waals surface area contributed by atoms with Crippen LogP contribution >= 0.6 is 11.6 Å². The predicted octanol–water partition coefficient (Wildman–Crippen LogP) is 3.42. The molecule has 0 aliphatic heterocycles. The highest BCUT2D eigenvalue weighted by Gasteiger charge is 2.06. The molecule has 2 aromatic carbocycles. The second kappa shape index (κ2) is 6.95. The second-order valence-electron chi connectivity index (χ2n) is 4.82. The molecule has 0 bridgehead atoms. The minimum absolute atomic E-state index is 0.0143. The summed E-state index contributed by atoms with van der Waals surface area (Å²) in [6.45, 7) is 1.84. The first-order valence-corrected chi connectivity index (χ1v) is 8.40. The molecule has 0 spiro atoms. The number of hydrogen-bond acceptors (Lipinski definition) is 3. The van der Waals surface area contributed by atoms with Crippen LogP contribution in [0.15, 0.2) is 64.4 Å². The van der Waals surface area contributed by atoms with Crippen molar-refractivity contribution in [3.05, 3.63) is 75.5 Å². The van der Waals surface area contributed by atoms with Crippen molar-refractivity contribution in [1.29, 1.82) is 0 Å². The van der Waals surface area contributed by atoms with E-state index in [2.05, 4.69) is 4.98 Å². The maximum atomic E-state index is 11.2. The Kier molecular flexibility index (Phi) is 5.20. The topological polar surface area (TPSA) is 87.2 Å². The summed E-state index contributed by atoms with van der Waals surface area (Å²) in [4.78, 5) is 14.1. The van der Waals surface area contributed by atoms with Crippen molar-refractivity contribution >= 4 is 32.6 Å². The first-order valence-electron chi connectivity index (χ1n) is 6.58. The van der Waals surface area contributed by atoms with Gasteiger partial charge < -0.3 is 4.98 Å². The van der Waals surface area contributed by atoms with Crippen LogP contribution in [0.4, 0.5) is 0 Å². The minimum Gasteiger partial charge on any atom is -0.361 e. The molecule has 120 valence electrons. The molecule has 0 unspecified atom stereocenters. The Bertz CT molecular complexity index is 979. The Hall–Kier alpha value is -2.15. The van der Waals surface area contributed by atoms with E-state index < -0.39 is 10.1 Å². The molecule has 0 fully saturated rings. The van der Waals surface area contributed by atoms with Gasteiger partial charge >= 0.3 is 0 Å². The monoisotopic (exact) mass is 351 g/mol. The van der Waals surface area contributed by atoms with Gasteiger partial charge in [0.05, 0.1) is 10.4 Å². The molecule has 23 heavy (non-hydrogen) atoms. The maximum absolute atomic E-state index is 11.2. The molecular weight excluding hydrogens is 338 g/mol. The summed E-state index contributed by atoms with van der Waals surface area (Å²) >= 11 is 5.75. The van der Waals surface area contributed by atoms with E-state index in [4.69, 9.17) is 16.2 Å². The summed E-state index contributed by atoms with van der Waals surface area (Å²) in [7, 11) is -4.02. The van der Waals surface area contributed by atoms with Crippen molar-refractivity contribution in [2.75, 3.05) is 0 Å². The van der Waals surface area contributed by atoms with Crippen LogP contribution < -0.4 is 5.43 Å². The molecular formula is C16H14ClNO4S. The Balaban J connectivity index is 0.000000168. The highest BCUT2D eigenvalue weighted by atomic mass is 35.5. The molecule has 0 atom stereocenters. The third-order valence-electron chi connectivity index (χ3n) is 3.04. The van der Waals surface area contributed by atoms with Gasteiger partial charge in [0.25, 0.3) is 10.1 Å². The predicted molar refractivity (Wildman–Crippen MR) is 90.6 cm³/mol. The highest BCUT2D eigenvalue weighted by Crippen LogP contribution is 2.13. The Labute approximate surface area is 138 Å². The highest BCUT2D eigenvalue weighted by molar-refractivity contribution is 7.85. The van der Waals surface area contributed by atoms with Crippen molar-refractivity contribution < 1.29 is 13.0 Å². The third kappa shape index (κ3) is 4.66. The normalized spacial score (nSPS) is 10.9. The van der Waals surface area contributed by atoms with Gasteiger partial charge in [-0.25, -0.2) is 0 Å². The van der Waals surface area contributed by atoms with Gasteiger partial charge in [-0.1, -0.05) is 29.3 Å². The largest absolute Gasteiger partial charge is 0.361 e. The number of H-pyrrole nitrogens is 1. The smallest absolute Gasteiger partial charge is 0.294 e. The molecule has 3 aromatic rings. The summed E-state index contributed by atoms with van der Waals surface area (Å²) in [6.07, 6.45) is 1.61. The lowest BCUT2D eigenvalue weighted by atomic mass is 10.2. The molecule has 1 heterocycles. The first kappa shape index (κ1) is 17.2. The van der Waals surface area contributed by atoms with Crippen LogP contribution in [0.2, 0.25) is 5.02 Å². The van der Waals surface area contributed by atoms with Crippen molar-refractivity contribution in [3.8, 4) is 0 Å². The molecule has 0 saturated carbocycles. The number of halogens is 1. The second-order valence-corrected chi connectivity index (χ2v) is 6.68. The number of nitrogens with one attached hydrogen (secondary N) is 1. The van der Waals surface area contributed by atoms with Crippen molar-refractivity contribution in [1.82, 2.24) is 4.98 Å². The van der Waals surface area contributed by atoms with Crippen molar-refractivity contribution in [2.45, 2.75) is 11.8 Å². The van der Waals surface area contributed by atoms with E-state index >= 15 is 0 Å². The van der Waals surface area contributed by atoms with Crippen molar-refractivity contribution in [2.24, 2.45) is 0 Å². The van der Waals surface area contributed by atoms with Crippen LogP contribution in [0.5, 0.6) is 0 Å². The van der Waals surface area contributed by atoms with Gasteiger partial charge in [-0.3, -0.25) is 9.35 Å². The van der Waals surface area contributed by atoms with Gasteiger partial charge in [0.1, 0.15) is 0 Å². The van der Waals surface area contributed by atoms with E-state index in [0.29, 0.717) is 10.4 Å². The van der Waals surface area contributed by atoms with E-state index in [1.165, 1.54) is 18.2 Å². The summed E-state index contributed by atoms with van der Waals surface area (Å²) in [5.74, 6) is 0. The number of benzene rings is 2. The van der Waals surface area contributed by atoms with Crippen LogP contribution in [0.25, 0.3) is 10.9 Å². The summed E-state index contributed by atoms with van der Waals surface area (Å²) in [6, 6.07) is 12.6. The molecule has 0 aliphatic rings. The average molecular weight is 352 g/mol. The average Bonchev–Trinajstić information content (AvgIpc) is 2.47. The van der Waals surface area contributed by atoms with Gasteiger partial charge in [-0.2, -0.15) is 8.42 Å². The molecule has 0 amide bonds. The van der Waals surface area contributed by atoms with Crippen LogP contribution in [-0.2, 0) is 10.1 Å². The third-order valence-corrected chi connectivity index (χ3v) is 4.14. The number of fused-ring (bicyclic) bond motifs is 1. The summed E-state index contributed by atoms with van der Waals surface area (Å²) in [5.41, 5.74) is 1.74.